The highest BCUT2D eigenvalue weighted by molar-refractivity contribution is 5.94. The van der Waals surface area contributed by atoms with Crippen LogP contribution < -0.4 is 4.90 Å². The number of carbonyl (C=O) groups excluding carboxylic acids is 1. The summed E-state index contributed by atoms with van der Waals surface area (Å²) in [5, 5.41) is 8.90. The summed E-state index contributed by atoms with van der Waals surface area (Å²) in [5.41, 5.74) is 3.80. The van der Waals surface area contributed by atoms with Gasteiger partial charge in [0.05, 0.1) is 0 Å². The summed E-state index contributed by atoms with van der Waals surface area (Å²) in [7, 11) is 0. The van der Waals surface area contributed by atoms with Gasteiger partial charge in [0.15, 0.2) is 0 Å². The van der Waals surface area contributed by atoms with Crippen molar-refractivity contribution in [3.63, 3.8) is 0 Å². The average molecular weight is 426 g/mol. The molecular formula is C25H35N3O3. The Balaban J connectivity index is 1.36. The van der Waals surface area contributed by atoms with E-state index in [9.17, 15) is 9.59 Å². The number of carbonyl (C=O) groups is 2. The number of aliphatic carboxylic acids is 1. The number of urea groups is 1. The van der Waals surface area contributed by atoms with E-state index in [-0.39, 0.29) is 12.5 Å². The smallest absolute Gasteiger partial charge is 0.324 e. The fourth-order valence-electron chi connectivity index (χ4n) is 5.50. The number of anilines is 1. The number of nitrogens with zero attached hydrogens (tertiary/aromatic N) is 3. The fourth-order valence-corrected chi connectivity index (χ4v) is 5.50. The zero-order chi connectivity index (χ0) is 21.8. The molecule has 6 nitrogen and oxygen atoms in total. The average Bonchev–Trinajstić information content (AvgIpc) is 3.04. The lowest BCUT2D eigenvalue weighted by Crippen LogP contribution is -2.41. The number of rotatable bonds is 7. The molecule has 0 unspecified atom stereocenters. The third kappa shape index (κ3) is 5.12. The van der Waals surface area contributed by atoms with E-state index in [1.54, 1.807) is 0 Å². The Morgan fingerprint density at radius 3 is 2.52 bits per heavy atom. The topological polar surface area (TPSA) is 64.1 Å². The third-order valence-corrected chi connectivity index (χ3v) is 7.35. The number of fused-ring (bicyclic) bond motifs is 1. The van der Waals surface area contributed by atoms with Gasteiger partial charge in [-0.1, -0.05) is 12.1 Å². The van der Waals surface area contributed by atoms with Crippen molar-refractivity contribution < 1.29 is 14.7 Å². The van der Waals surface area contributed by atoms with Crippen molar-refractivity contribution in [1.82, 2.24) is 9.80 Å². The quantitative estimate of drug-likeness (QED) is 0.672. The molecule has 2 amide bonds. The number of hydrogen-bond acceptors (Lipinski definition) is 3. The van der Waals surface area contributed by atoms with Gasteiger partial charge in [-0.15, -0.1) is 6.58 Å². The second-order valence-electron chi connectivity index (χ2n) is 9.28. The minimum absolute atomic E-state index is 0.135. The van der Waals surface area contributed by atoms with Crippen molar-refractivity contribution in [2.75, 3.05) is 37.6 Å². The summed E-state index contributed by atoms with van der Waals surface area (Å²) in [6.07, 6.45) is 9.11. The highest BCUT2D eigenvalue weighted by Gasteiger charge is 2.36. The molecule has 31 heavy (non-hydrogen) atoms. The van der Waals surface area contributed by atoms with E-state index >= 15 is 0 Å². The molecule has 1 aromatic rings. The van der Waals surface area contributed by atoms with Crippen LogP contribution in [0.25, 0.3) is 0 Å². The van der Waals surface area contributed by atoms with Crippen molar-refractivity contribution in [1.29, 1.82) is 0 Å². The fraction of sp³-hybridized carbons (Fsp3) is 0.600. The molecule has 0 atom stereocenters. The maximum absolute atomic E-state index is 13.2. The third-order valence-electron chi connectivity index (χ3n) is 7.35. The number of benzene rings is 1. The van der Waals surface area contributed by atoms with Crippen LogP contribution in [0.3, 0.4) is 0 Å². The molecule has 4 rings (SSSR count). The lowest BCUT2D eigenvalue weighted by atomic mass is 9.83. The molecule has 1 aromatic carbocycles. The van der Waals surface area contributed by atoms with Gasteiger partial charge in [0.2, 0.25) is 0 Å². The minimum Gasteiger partial charge on any atom is -0.481 e. The first-order chi connectivity index (χ1) is 15.0. The van der Waals surface area contributed by atoms with E-state index in [2.05, 4.69) is 34.6 Å². The lowest BCUT2D eigenvalue weighted by Gasteiger charge is -2.34. The van der Waals surface area contributed by atoms with Gasteiger partial charge >= 0.3 is 12.0 Å². The van der Waals surface area contributed by atoms with Crippen LogP contribution in [0.4, 0.5) is 10.5 Å². The molecule has 1 saturated carbocycles. The molecule has 2 aliphatic heterocycles. The van der Waals surface area contributed by atoms with Crippen LogP contribution in [0.2, 0.25) is 0 Å². The number of carboxylic acids is 1. The first-order valence-electron chi connectivity index (χ1n) is 11.8. The van der Waals surface area contributed by atoms with E-state index in [1.165, 1.54) is 11.1 Å². The second-order valence-corrected chi connectivity index (χ2v) is 9.28. The van der Waals surface area contributed by atoms with Gasteiger partial charge in [0.1, 0.15) is 0 Å². The zero-order valence-corrected chi connectivity index (χ0v) is 18.5. The molecule has 0 aromatic heterocycles. The molecule has 6 heteroatoms. The highest BCUT2D eigenvalue weighted by Crippen LogP contribution is 2.33. The number of amides is 2. The predicted octanol–water partition coefficient (Wildman–Crippen LogP) is 3.94. The molecule has 168 valence electrons. The summed E-state index contributed by atoms with van der Waals surface area (Å²) >= 11 is 0. The lowest BCUT2D eigenvalue weighted by molar-refractivity contribution is -0.137. The predicted molar refractivity (Wildman–Crippen MR) is 123 cm³/mol. The molecule has 2 heterocycles. The van der Waals surface area contributed by atoms with E-state index < -0.39 is 5.97 Å². The Labute approximate surface area is 185 Å². The largest absolute Gasteiger partial charge is 0.481 e. The molecule has 0 spiro atoms. The molecule has 0 bridgehead atoms. The number of hydrogen-bond donors (Lipinski definition) is 1. The summed E-state index contributed by atoms with van der Waals surface area (Å²) in [6, 6.07) is 7.00. The minimum atomic E-state index is -0.707. The van der Waals surface area contributed by atoms with Crippen LogP contribution in [-0.4, -0.2) is 65.7 Å². The van der Waals surface area contributed by atoms with E-state index in [0.717, 1.165) is 83.4 Å². The first-order valence-corrected chi connectivity index (χ1v) is 11.8. The molecule has 2 fully saturated rings. The Hall–Kier alpha value is -2.34. The second kappa shape index (κ2) is 9.86. The van der Waals surface area contributed by atoms with Gasteiger partial charge in [-0.3, -0.25) is 14.6 Å². The Morgan fingerprint density at radius 2 is 1.81 bits per heavy atom. The molecule has 0 radical (unpaired) electrons. The van der Waals surface area contributed by atoms with Gasteiger partial charge in [0.25, 0.3) is 0 Å². The molecular weight excluding hydrogens is 390 g/mol. The van der Waals surface area contributed by atoms with Crippen molar-refractivity contribution in [2.24, 2.45) is 5.92 Å². The summed E-state index contributed by atoms with van der Waals surface area (Å²) < 4.78 is 0. The summed E-state index contributed by atoms with van der Waals surface area (Å²) in [5.74, 6) is -0.215. The van der Waals surface area contributed by atoms with Crippen LogP contribution in [-0.2, 0) is 17.6 Å². The van der Waals surface area contributed by atoms with Crippen molar-refractivity contribution >= 4 is 17.7 Å². The maximum Gasteiger partial charge on any atom is 0.324 e. The summed E-state index contributed by atoms with van der Waals surface area (Å²) in [4.78, 5) is 30.5. The van der Waals surface area contributed by atoms with Crippen LogP contribution in [0, 0.1) is 5.92 Å². The Morgan fingerprint density at radius 1 is 1.06 bits per heavy atom. The van der Waals surface area contributed by atoms with Crippen LogP contribution >= 0.6 is 0 Å². The molecule has 1 N–H and O–H groups in total. The molecule has 3 aliphatic rings. The van der Waals surface area contributed by atoms with Crippen molar-refractivity contribution in [3.05, 3.63) is 42.0 Å². The SMILES string of the molecule is C=CCN1CCc2ccc(N3CCN(C4CCC(CCC(=O)O)CC4)C3=O)cc2CC1. The monoisotopic (exact) mass is 425 g/mol. The standard InChI is InChI=1S/C25H35N3O3/c1-2-13-26-14-11-20-6-9-23(18-21(20)12-15-26)28-17-16-27(25(28)31)22-7-3-19(4-8-22)5-10-24(29)30/h2,6,9,18-19,22H,1,3-5,7-8,10-17H2,(H,29,30). The van der Waals surface area contributed by atoms with Crippen LogP contribution in [0.5, 0.6) is 0 Å². The van der Waals surface area contributed by atoms with Crippen molar-refractivity contribution in [3.8, 4) is 0 Å². The first kappa shape index (κ1) is 21.9. The molecule has 1 aliphatic carbocycles. The van der Waals surface area contributed by atoms with Gasteiger partial charge < -0.3 is 10.0 Å². The Bertz CT molecular complexity index is 816. The molecule has 1 saturated heterocycles. The van der Waals surface area contributed by atoms with Gasteiger partial charge in [-0.25, -0.2) is 4.79 Å². The maximum atomic E-state index is 13.2. The van der Waals surface area contributed by atoms with Gasteiger partial charge in [-0.05, 0) is 74.1 Å². The van der Waals surface area contributed by atoms with Crippen molar-refractivity contribution in [2.45, 2.75) is 57.4 Å². The summed E-state index contributed by atoms with van der Waals surface area (Å²) in [6.45, 7) is 8.42. The van der Waals surface area contributed by atoms with E-state index in [4.69, 9.17) is 5.11 Å². The van der Waals surface area contributed by atoms with E-state index in [1.807, 2.05) is 11.0 Å². The van der Waals surface area contributed by atoms with E-state index in [0.29, 0.717) is 12.0 Å². The normalized spacial score (nSPS) is 24.7. The zero-order valence-electron chi connectivity index (χ0n) is 18.5. The Kier molecular flexibility index (Phi) is 6.96. The van der Waals surface area contributed by atoms with Crippen LogP contribution in [0.15, 0.2) is 30.9 Å². The number of carboxylic acid groups (broad SMARTS) is 1. The van der Waals surface area contributed by atoms with Gasteiger partial charge in [0, 0.05) is 50.9 Å². The van der Waals surface area contributed by atoms with Gasteiger partial charge in [-0.2, -0.15) is 0 Å². The van der Waals surface area contributed by atoms with Crippen LogP contribution in [0.1, 0.15) is 49.7 Å². The highest BCUT2D eigenvalue weighted by atomic mass is 16.4.